The van der Waals surface area contributed by atoms with Crippen LogP contribution in [0.5, 0.6) is 17.4 Å². The first-order chi connectivity index (χ1) is 17.9. The second-order valence-corrected chi connectivity index (χ2v) is 9.15. The fraction of sp³-hybridized carbons (Fsp3) is 0.125. The molecule has 0 spiro atoms. The molecule has 0 bridgehead atoms. The maximum atomic E-state index is 12.9. The topological polar surface area (TPSA) is 143 Å². The van der Waals surface area contributed by atoms with Gasteiger partial charge in [-0.3, -0.25) is 9.29 Å². The van der Waals surface area contributed by atoms with Gasteiger partial charge in [0.15, 0.2) is 28.0 Å². The quantitative estimate of drug-likeness (QED) is 0.325. The average molecular weight is 520 g/mol. The summed E-state index contributed by atoms with van der Waals surface area (Å²) < 4.78 is 46.3. The number of ether oxygens (including phenoxy) is 3. The molecular weight excluding hydrogens is 498 g/mol. The second-order valence-electron chi connectivity index (χ2n) is 7.52. The fourth-order valence-electron chi connectivity index (χ4n) is 3.69. The monoisotopic (exact) mass is 519 g/mol. The summed E-state index contributed by atoms with van der Waals surface area (Å²) in [6.07, 6.45) is 2.67. The van der Waals surface area contributed by atoms with E-state index in [1.165, 1.54) is 39.8 Å². The van der Waals surface area contributed by atoms with Crippen LogP contribution in [0.15, 0.2) is 72.0 Å². The molecule has 1 N–H and O–H groups in total. The number of para-hydroxylation sites is 1. The number of pyridine rings is 2. The van der Waals surface area contributed by atoms with Crippen molar-refractivity contribution in [2.75, 3.05) is 26.1 Å². The van der Waals surface area contributed by atoms with Crippen molar-refractivity contribution in [2.24, 2.45) is 0 Å². The molecule has 0 radical (unpaired) electrons. The van der Waals surface area contributed by atoms with Crippen molar-refractivity contribution in [3.05, 3.63) is 67.0 Å². The van der Waals surface area contributed by atoms with E-state index in [-0.39, 0.29) is 22.1 Å². The predicted octanol–water partition coefficient (Wildman–Crippen LogP) is 3.10. The highest BCUT2D eigenvalue weighted by molar-refractivity contribution is 7.92. The molecule has 0 fully saturated rings. The highest BCUT2D eigenvalue weighted by atomic mass is 32.2. The summed E-state index contributed by atoms with van der Waals surface area (Å²) in [7, 11) is 0.558. The molecule has 0 amide bonds. The lowest BCUT2D eigenvalue weighted by atomic mass is 10.2. The Morgan fingerprint density at radius 3 is 2.24 bits per heavy atom. The Bertz CT molecular complexity index is 1670. The third-order valence-corrected chi connectivity index (χ3v) is 6.58. The summed E-state index contributed by atoms with van der Waals surface area (Å²) in [6, 6.07) is 15.1. The van der Waals surface area contributed by atoms with E-state index in [2.05, 4.69) is 29.6 Å². The zero-order valence-electron chi connectivity index (χ0n) is 20.0. The standard InChI is InChI=1S/C24H21N7O5S/c1-34-16-9-7-10-17(35-2)21(16)31-23(15-8-6-11-19(27-15)36-3)29-22-24(31)28-18(14-26-22)30-37(32,33)20-12-4-5-13-25-20/h4-14H,1-3H3,(H,28,30). The van der Waals surface area contributed by atoms with Gasteiger partial charge in [-0.15, -0.1) is 0 Å². The van der Waals surface area contributed by atoms with E-state index >= 15 is 0 Å². The SMILES string of the molecule is COc1cccc(-c2nc3ncc(NS(=O)(=O)c4ccccn4)nc3n2-c2c(OC)cccc2OC)n1. The molecule has 13 heteroatoms. The van der Waals surface area contributed by atoms with E-state index < -0.39 is 10.0 Å². The minimum atomic E-state index is -4.01. The Kier molecular flexibility index (Phi) is 6.27. The van der Waals surface area contributed by atoms with Crippen LogP contribution in [-0.4, -0.2) is 59.2 Å². The lowest BCUT2D eigenvalue weighted by Crippen LogP contribution is -2.15. The second kappa shape index (κ2) is 9.70. The Balaban J connectivity index is 1.76. The number of hydrogen-bond acceptors (Lipinski definition) is 10. The normalized spacial score (nSPS) is 11.3. The molecule has 188 valence electrons. The summed E-state index contributed by atoms with van der Waals surface area (Å²) in [5.74, 6) is 1.64. The number of hydrogen-bond donors (Lipinski definition) is 1. The maximum absolute atomic E-state index is 12.9. The Hall–Kier alpha value is -4.78. The number of benzene rings is 1. The van der Waals surface area contributed by atoms with Gasteiger partial charge in [0.05, 0.1) is 27.5 Å². The molecule has 0 saturated carbocycles. The summed E-state index contributed by atoms with van der Waals surface area (Å²) >= 11 is 0. The molecule has 5 rings (SSSR count). The van der Waals surface area contributed by atoms with Gasteiger partial charge in [0.2, 0.25) is 5.88 Å². The first-order valence-electron chi connectivity index (χ1n) is 10.9. The molecule has 12 nitrogen and oxygen atoms in total. The van der Waals surface area contributed by atoms with Crippen molar-refractivity contribution in [3.63, 3.8) is 0 Å². The third kappa shape index (κ3) is 4.47. The highest BCUT2D eigenvalue weighted by Crippen LogP contribution is 2.38. The highest BCUT2D eigenvalue weighted by Gasteiger charge is 2.25. The predicted molar refractivity (Wildman–Crippen MR) is 135 cm³/mol. The van der Waals surface area contributed by atoms with Crippen molar-refractivity contribution >= 4 is 27.1 Å². The Labute approximate surface area is 212 Å². The molecule has 0 aliphatic heterocycles. The maximum Gasteiger partial charge on any atom is 0.280 e. The van der Waals surface area contributed by atoms with E-state index in [4.69, 9.17) is 14.2 Å². The first kappa shape index (κ1) is 23.9. The molecule has 0 aliphatic carbocycles. The van der Waals surface area contributed by atoms with Crippen LogP contribution in [0.1, 0.15) is 0 Å². The number of nitrogens with zero attached hydrogens (tertiary/aromatic N) is 6. The van der Waals surface area contributed by atoms with Gasteiger partial charge in [0, 0.05) is 12.3 Å². The lowest BCUT2D eigenvalue weighted by molar-refractivity contribution is 0.391. The van der Waals surface area contributed by atoms with Crippen molar-refractivity contribution in [3.8, 4) is 34.6 Å². The van der Waals surface area contributed by atoms with Crippen LogP contribution in [-0.2, 0) is 10.0 Å². The number of fused-ring (bicyclic) bond motifs is 1. The number of imidazole rings is 1. The molecule has 0 aliphatic rings. The van der Waals surface area contributed by atoms with Gasteiger partial charge in [-0.2, -0.15) is 8.42 Å². The van der Waals surface area contributed by atoms with E-state index in [1.54, 1.807) is 53.1 Å². The number of methoxy groups -OCH3 is 3. The summed E-state index contributed by atoms with van der Waals surface area (Å²) in [5.41, 5.74) is 1.42. The molecule has 0 saturated heterocycles. The van der Waals surface area contributed by atoms with Gasteiger partial charge in [-0.25, -0.2) is 24.9 Å². The Morgan fingerprint density at radius 2 is 1.57 bits per heavy atom. The first-order valence-corrected chi connectivity index (χ1v) is 12.4. The van der Waals surface area contributed by atoms with Gasteiger partial charge in [-0.05, 0) is 30.3 Å². The summed E-state index contributed by atoms with van der Waals surface area (Å²) in [6.45, 7) is 0. The summed E-state index contributed by atoms with van der Waals surface area (Å²) in [4.78, 5) is 22.0. The van der Waals surface area contributed by atoms with Crippen molar-refractivity contribution in [2.45, 2.75) is 5.03 Å². The van der Waals surface area contributed by atoms with Crippen LogP contribution in [0, 0.1) is 0 Å². The fourth-order valence-corrected chi connectivity index (χ4v) is 4.62. The smallest absolute Gasteiger partial charge is 0.280 e. The minimum Gasteiger partial charge on any atom is -0.494 e. The zero-order chi connectivity index (χ0) is 26.0. The molecule has 0 atom stereocenters. The Morgan fingerprint density at radius 1 is 0.811 bits per heavy atom. The number of sulfonamides is 1. The van der Waals surface area contributed by atoms with Gasteiger partial charge >= 0.3 is 0 Å². The van der Waals surface area contributed by atoms with Crippen LogP contribution in [0.4, 0.5) is 5.82 Å². The van der Waals surface area contributed by atoms with Gasteiger partial charge < -0.3 is 14.2 Å². The molecule has 4 aromatic heterocycles. The number of anilines is 1. The van der Waals surface area contributed by atoms with Crippen LogP contribution in [0.2, 0.25) is 0 Å². The number of aromatic nitrogens is 6. The largest absolute Gasteiger partial charge is 0.494 e. The van der Waals surface area contributed by atoms with Crippen molar-refractivity contribution in [1.82, 2.24) is 29.5 Å². The van der Waals surface area contributed by atoms with E-state index in [9.17, 15) is 8.42 Å². The zero-order valence-corrected chi connectivity index (χ0v) is 20.8. The molecule has 5 aromatic rings. The number of nitrogens with one attached hydrogen (secondary N) is 1. The molecule has 1 aromatic carbocycles. The van der Waals surface area contributed by atoms with Crippen molar-refractivity contribution in [1.29, 1.82) is 0 Å². The third-order valence-electron chi connectivity index (χ3n) is 5.31. The molecular formula is C24H21N7O5S. The van der Waals surface area contributed by atoms with Crippen LogP contribution >= 0.6 is 0 Å². The van der Waals surface area contributed by atoms with Crippen LogP contribution < -0.4 is 18.9 Å². The summed E-state index contributed by atoms with van der Waals surface area (Å²) in [5, 5.41) is -0.155. The number of rotatable bonds is 8. The molecule has 37 heavy (non-hydrogen) atoms. The average Bonchev–Trinajstić information content (AvgIpc) is 3.31. The van der Waals surface area contributed by atoms with E-state index in [0.717, 1.165) is 0 Å². The molecule has 4 heterocycles. The van der Waals surface area contributed by atoms with Crippen molar-refractivity contribution < 1.29 is 22.6 Å². The van der Waals surface area contributed by atoms with E-state index in [1.807, 2.05) is 0 Å². The van der Waals surface area contributed by atoms with Crippen LogP contribution in [0.3, 0.4) is 0 Å². The van der Waals surface area contributed by atoms with Gasteiger partial charge in [-0.1, -0.05) is 18.2 Å². The minimum absolute atomic E-state index is 0.0293. The van der Waals surface area contributed by atoms with Crippen LogP contribution in [0.25, 0.3) is 28.5 Å². The van der Waals surface area contributed by atoms with E-state index in [0.29, 0.717) is 34.6 Å². The van der Waals surface area contributed by atoms with Gasteiger partial charge in [0.1, 0.15) is 22.9 Å². The lowest BCUT2D eigenvalue weighted by Gasteiger charge is -2.16. The van der Waals surface area contributed by atoms with Gasteiger partial charge in [0.25, 0.3) is 10.0 Å². The molecule has 0 unspecified atom stereocenters.